The molecular formula is C14H10FNO2. The molecule has 1 heterocycles. The predicted molar refractivity (Wildman–Crippen MR) is 63.7 cm³/mol. The number of fused-ring (bicyclic) bond motifs is 1. The predicted octanol–water partition coefficient (Wildman–Crippen LogP) is 2.65. The minimum Gasteiger partial charge on any atom is -0.466 e. The van der Waals surface area contributed by atoms with Gasteiger partial charge in [0.2, 0.25) is 0 Å². The monoisotopic (exact) mass is 243 g/mol. The Hall–Kier alpha value is -2.36. The fourth-order valence-electron chi connectivity index (χ4n) is 1.93. The molecule has 1 amide bonds. The third kappa shape index (κ3) is 1.82. The van der Waals surface area contributed by atoms with Crippen LogP contribution in [0.15, 0.2) is 48.5 Å². The number of hydrogen-bond acceptors (Lipinski definition) is 2. The lowest BCUT2D eigenvalue weighted by molar-refractivity contribution is 0.0755. The average molecular weight is 243 g/mol. The molecule has 0 spiro atoms. The standard InChI is InChI=1S/C14H10FNO2/c15-10-5-3-4-9(8-10)14-16-13(17)11-6-1-2-7-12(11)18-14/h1-8,14H,(H,16,17)/t14-/m1/s1. The van der Waals surface area contributed by atoms with Crippen molar-refractivity contribution in [1.29, 1.82) is 0 Å². The Morgan fingerprint density at radius 1 is 1.11 bits per heavy atom. The first-order valence-electron chi connectivity index (χ1n) is 5.56. The van der Waals surface area contributed by atoms with Gasteiger partial charge in [0, 0.05) is 5.56 Å². The summed E-state index contributed by atoms with van der Waals surface area (Å²) < 4.78 is 18.8. The van der Waals surface area contributed by atoms with E-state index in [2.05, 4.69) is 5.32 Å². The molecule has 3 rings (SSSR count). The van der Waals surface area contributed by atoms with E-state index in [0.29, 0.717) is 16.9 Å². The van der Waals surface area contributed by atoms with Crippen LogP contribution in [0.25, 0.3) is 0 Å². The third-order valence-corrected chi connectivity index (χ3v) is 2.79. The molecule has 18 heavy (non-hydrogen) atoms. The molecule has 0 bridgehead atoms. The smallest absolute Gasteiger partial charge is 0.258 e. The summed E-state index contributed by atoms with van der Waals surface area (Å²) in [7, 11) is 0. The van der Waals surface area contributed by atoms with E-state index in [-0.39, 0.29) is 11.7 Å². The molecule has 2 aromatic rings. The van der Waals surface area contributed by atoms with Crippen LogP contribution in [0.2, 0.25) is 0 Å². The Labute approximate surface area is 103 Å². The van der Waals surface area contributed by atoms with E-state index in [1.807, 2.05) is 0 Å². The van der Waals surface area contributed by atoms with E-state index < -0.39 is 6.23 Å². The van der Waals surface area contributed by atoms with E-state index in [9.17, 15) is 9.18 Å². The summed E-state index contributed by atoms with van der Waals surface area (Å²) in [5.74, 6) is -0.0640. The zero-order valence-corrected chi connectivity index (χ0v) is 9.39. The van der Waals surface area contributed by atoms with Crippen molar-refractivity contribution in [1.82, 2.24) is 5.32 Å². The van der Waals surface area contributed by atoms with E-state index in [1.165, 1.54) is 12.1 Å². The second-order valence-corrected chi connectivity index (χ2v) is 4.02. The number of amides is 1. The number of carbonyl (C=O) groups excluding carboxylic acids is 1. The minimum absolute atomic E-state index is 0.217. The molecular weight excluding hydrogens is 233 g/mol. The van der Waals surface area contributed by atoms with Gasteiger partial charge in [-0.15, -0.1) is 0 Å². The van der Waals surface area contributed by atoms with E-state index in [4.69, 9.17) is 4.74 Å². The SMILES string of the molecule is O=C1N[C@@H](c2cccc(F)c2)Oc2ccccc21. The molecule has 0 unspecified atom stereocenters. The molecule has 0 aromatic heterocycles. The van der Waals surface area contributed by atoms with E-state index >= 15 is 0 Å². The number of carbonyl (C=O) groups is 1. The van der Waals surface area contributed by atoms with Crippen molar-refractivity contribution >= 4 is 5.91 Å². The maximum atomic E-state index is 13.1. The van der Waals surface area contributed by atoms with Gasteiger partial charge in [0.05, 0.1) is 5.56 Å². The highest BCUT2D eigenvalue weighted by Crippen LogP contribution is 2.28. The van der Waals surface area contributed by atoms with Crippen LogP contribution >= 0.6 is 0 Å². The van der Waals surface area contributed by atoms with Gasteiger partial charge in [0.1, 0.15) is 11.6 Å². The lowest BCUT2D eigenvalue weighted by Gasteiger charge is -2.26. The van der Waals surface area contributed by atoms with Gasteiger partial charge in [0.25, 0.3) is 5.91 Å². The highest BCUT2D eigenvalue weighted by molar-refractivity contribution is 5.97. The van der Waals surface area contributed by atoms with Gasteiger partial charge in [-0.05, 0) is 24.3 Å². The minimum atomic E-state index is -0.650. The van der Waals surface area contributed by atoms with E-state index in [0.717, 1.165) is 0 Å². The lowest BCUT2D eigenvalue weighted by Crippen LogP contribution is -2.36. The van der Waals surface area contributed by atoms with Crippen LogP contribution in [-0.2, 0) is 0 Å². The molecule has 90 valence electrons. The van der Waals surface area contributed by atoms with E-state index in [1.54, 1.807) is 36.4 Å². The van der Waals surface area contributed by atoms with Crippen molar-refractivity contribution in [2.24, 2.45) is 0 Å². The highest BCUT2D eigenvalue weighted by Gasteiger charge is 2.26. The van der Waals surface area contributed by atoms with Crippen LogP contribution in [-0.4, -0.2) is 5.91 Å². The van der Waals surface area contributed by atoms with Crippen LogP contribution in [0, 0.1) is 5.82 Å². The van der Waals surface area contributed by atoms with Crippen molar-refractivity contribution in [3.8, 4) is 5.75 Å². The Morgan fingerprint density at radius 2 is 1.94 bits per heavy atom. The molecule has 1 N–H and O–H groups in total. The normalized spacial score (nSPS) is 17.6. The Kier molecular flexibility index (Phi) is 2.48. The summed E-state index contributed by atoms with van der Waals surface area (Å²) in [6.07, 6.45) is -0.650. The first-order valence-corrected chi connectivity index (χ1v) is 5.56. The molecule has 0 radical (unpaired) electrons. The molecule has 0 saturated heterocycles. The summed E-state index contributed by atoms with van der Waals surface area (Å²) in [6.45, 7) is 0. The zero-order chi connectivity index (χ0) is 12.5. The van der Waals surface area contributed by atoms with Crippen LogP contribution in [0.5, 0.6) is 5.75 Å². The topological polar surface area (TPSA) is 38.3 Å². The number of rotatable bonds is 1. The van der Waals surface area contributed by atoms with Gasteiger partial charge in [-0.1, -0.05) is 24.3 Å². The first kappa shape index (κ1) is 10.8. The second-order valence-electron chi connectivity index (χ2n) is 4.02. The van der Waals surface area contributed by atoms with Crippen molar-refractivity contribution in [3.63, 3.8) is 0 Å². The Morgan fingerprint density at radius 3 is 2.78 bits per heavy atom. The molecule has 1 atom stereocenters. The fourth-order valence-corrected chi connectivity index (χ4v) is 1.93. The summed E-state index contributed by atoms with van der Waals surface area (Å²) in [6, 6.07) is 13.0. The van der Waals surface area contributed by atoms with Crippen LogP contribution in [0.3, 0.4) is 0 Å². The summed E-state index contributed by atoms with van der Waals surface area (Å²) in [4.78, 5) is 11.9. The third-order valence-electron chi connectivity index (χ3n) is 2.79. The number of hydrogen-bond donors (Lipinski definition) is 1. The number of halogens is 1. The van der Waals surface area contributed by atoms with Gasteiger partial charge < -0.3 is 10.1 Å². The maximum Gasteiger partial charge on any atom is 0.258 e. The average Bonchev–Trinajstić information content (AvgIpc) is 2.39. The Bertz CT molecular complexity index is 612. The van der Waals surface area contributed by atoms with Crippen LogP contribution in [0.4, 0.5) is 4.39 Å². The van der Waals surface area contributed by atoms with Gasteiger partial charge in [-0.2, -0.15) is 0 Å². The van der Waals surface area contributed by atoms with Gasteiger partial charge in [-0.3, -0.25) is 4.79 Å². The van der Waals surface area contributed by atoms with Crippen molar-refractivity contribution < 1.29 is 13.9 Å². The second kappa shape index (κ2) is 4.14. The summed E-state index contributed by atoms with van der Waals surface area (Å²) in [5.41, 5.74) is 1.07. The van der Waals surface area contributed by atoms with Crippen LogP contribution < -0.4 is 10.1 Å². The molecule has 0 aliphatic carbocycles. The molecule has 3 nitrogen and oxygen atoms in total. The molecule has 0 fully saturated rings. The maximum absolute atomic E-state index is 13.1. The Balaban J connectivity index is 1.97. The van der Waals surface area contributed by atoms with Crippen molar-refractivity contribution in [2.45, 2.75) is 6.23 Å². The summed E-state index contributed by atoms with van der Waals surface area (Å²) in [5, 5.41) is 2.69. The summed E-state index contributed by atoms with van der Waals surface area (Å²) >= 11 is 0. The molecule has 1 aliphatic rings. The molecule has 2 aromatic carbocycles. The van der Waals surface area contributed by atoms with Crippen molar-refractivity contribution in [3.05, 3.63) is 65.5 Å². The zero-order valence-electron chi connectivity index (χ0n) is 9.39. The largest absolute Gasteiger partial charge is 0.466 e. The first-order chi connectivity index (χ1) is 8.74. The molecule has 0 saturated carbocycles. The number of ether oxygens (including phenoxy) is 1. The fraction of sp³-hybridized carbons (Fsp3) is 0.0714. The quantitative estimate of drug-likeness (QED) is 0.836. The number of benzene rings is 2. The molecule has 4 heteroatoms. The van der Waals surface area contributed by atoms with Gasteiger partial charge in [-0.25, -0.2) is 4.39 Å². The lowest BCUT2D eigenvalue weighted by atomic mass is 10.1. The van der Waals surface area contributed by atoms with Crippen molar-refractivity contribution in [2.75, 3.05) is 0 Å². The van der Waals surface area contributed by atoms with Gasteiger partial charge >= 0.3 is 0 Å². The number of nitrogens with one attached hydrogen (secondary N) is 1. The van der Waals surface area contributed by atoms with Gasteiger partial charge in [0.15, 0.2) is 6.23 Å². The number of para-hydroxylation sites is 1. The highest BCUT2D eigenvalue weighted by atomic mass is 19.1. The molecule has 1 aliphatic heterocycles. The van der Waals surface area contributed by atoms with Crippen LogP contribution in [0.1, 0.15) is 22.1 Å².